The minimum atomic E-state index is -0.642. The molecule has 0 saturated heterocycles. The van der Waals surface area contributed by atoms with Gasteiger partial charge in [0.25, 0.3) is 11.6 Å². The fourth-order valence-corrected chi connectivity index (χ4v) is 5.29. The zero-order valence-electron chi connectivity index (χ0n) is 17.6. The summed E-state index contributed by atoms with van der Waals surface area (Å²) in [7, 11) is 0. The largest absolute Gasteiger partial charge is 0.462 e. The van der Waals surface area contributed by atoms with Crippen LogP contribution in [0.4, 0.5) is 10.7 Å². The van der Waals surface area contributed by atoms with Gasteiger partial charge in [-0.2, -0.15) is 0 Å². The Morgan fingerprint density at radius 1 is 1.27 bits per heavy atom. The average molecular weight is 432 g/mol. The number of ether oxygens (including phenoxy) is 1. The number of nitro benzene ring substituents is 1. The number of hydrogen-bond acceptors (Lipinski definition) is 7. The normalized spacial score (nSPS) is 16.4. The molecule has 2 N–H and O–H groups in total. The number of carbonyl (C=O) groups is 2. The van der Waals surface area contributed by atoms with Gasteiger partial charge in [0.1, 0.15) is 10.6 Å². The van der Waals surface area contributed by atoms with Crippen LogP contribution in [-0.4, -0.2) is 28.9 Å². The smallest absolute Gasteiger partial charge is 0.341 e. The molecule has 9 heteroatoms. The number of esters is 1. The Morgan fingerprint density at radius 2 is 1.93 bits per heavy atom. The summed E-state index contributed by atoms with van der Waals surface area (Å²) >= 11 is 1.30. The highest BCUT2D eigenvalue weighted by Crippen LogP contribution is 2.45. The lowest BCUT2D eigenvalue weighted by atomic mass is 9.81. The van der Waals surface area contributed by atoms with Gasteiger partial charge in [-0.05, 0) is 52.7 Å². The van der Waals surface area contributed by atoms with E-state index in [4.69, 9.17) is 4.74 Å². The number of benzene rings is 1. The van der Waals surface area contributed by atoms with Crippen LogP contribution in [0.2, 0.25) is 0 Å². The molecular formula is C21H25N3O5S. The van der Waals surface area contributed by atoms with Gasteiger partial charge in [-0.1, -0.05) is 12.1 Å². The number of hydrogen-bond donors (Lipinski definition) is 2. The minimum absolute atomic E-state index is 0.0682. The molecule has 3 rings (SSSR count). The minimum Gasteiger partial charge on any atom is -0.462 e. The number of nitrogens with zero attached hydrogens (tertiary/aromatic N) is 1. The van der Waals surface area contributed by atoms with Gasteiger partial charge in [-0.25, -0.2) is 4.79 Å². The van der Waals surface area contributed by atoms with Crippen molar-refractivity contribution in [2.24, 2.45) is 0 Å². The predicted octanol–water partition coefficient (Wildman–Crippen LogP) is 4.24. The Morgan fingerprint density at radius 3 is 2.57 bits per heavy atom. The number of para-hydroxylation sites is 1. The maximum absolute atomic E-state index is 12.9. The summed E-state index contributed by atoms with van der Waals surface area (Å²) in [5.41, 5.74) is 0.110. The molecule has 1 aromatic heterocycles. The van der Waals surface area contributed by atoms with Crippen LogP contribution >= 0.6 is 11.3 Å². The van der Waals surface area contributed by atoms with E-state index in [0.29, 0.717) is 17.0 Å². The molecule has 160 valence electrons. The van der Waals surface area contributed by atoms with E-state index < -0.39 is 22.3 Å². The van der Waals surface area contributed by atoms with Crippen molar-refractivity contribution in [2.45, 2.75) is 52.1 Å². The lowest BCUT2D eigenvalue weighted by Gasteiger charge is -2.42. The average Bonchev–Trinajstić information content (AvgIpc) is 2.98. The molecule has 30 heavy (non-hydrogen) atoms. The summed E-state index contributed by atoms with van der Waals surface area (Å²) in [6.07, 6.45) is 0.581. The fraction of sp³-hybridized carbons (Fsp3) is 0.429. The third-order valence-electron chi connectivity index (χ3n) is 4.90. The first-order valence-electron chi connectivity index (χ1n) is 9.64. The second kappa shape index (κ2) is 7.81. The van der Waals surface area contributed by atoms with Gasteiger partial charge in [0.2, 0.25) is 0 Å². The number of thiophene rings is 1. The van der Waals surface area contributed by atoms with Crippen LogP contribution in [0.1, 0.15) is 65.8 Å². The molecule has 0 bridgehead atoms. The van der Waals surface area contributed by atoms with Crippen molar-refractivity contribution in [3.63, 3.8) is 0 Å². The van der Waals surface area contributed by atoms with Crippen LogP contribution in [0.15, 0.2) is 24.3 Å². The molecule has 2 heterocycles. The summed E-state index contributed by atoms with van der Waals surface area (Å²) in [6.45, 7) is 10.1. The lowest BCUT2D eigenvalue weighted by molar-refractivity contribution is -0.385. The third kappa shape index (κ3) is 4.08. The molecule has 1 aliphatic rings. The lowest BCUT2D eigenvalue weighted by Crippen LogP contribution is -2.55. The van der Waals surface area contributed by atoms with Gasteiger partial charge >= 0.3 is 5.97 Å². The highest BCUT2D eigenvalue weighted by molar-refractivity contribution is 7.17. The van der Waals surface area contributed by atoms with Crippen LogP contribution in [0.3, 0.4) is 0 Å². The molecule has 0 unspecified atom stereocenters. The quantitative estimate of drug-likeness (QED) is 0.416. The third-order valence-corrected chi connectivity index (χ3v) is 6.37. The number of rotatable bonds is 5. The van der Waals surface area contributed by atoms with Crippen LogP contribution < -0.4 is 10.6 Å². The highest BCUT2D eigenvalue weighted by Gasteiger charge is 2.42. The van der Waals surface area contributed by atoms with E-state index in [1.54, 1.807) is 13.0 Å². The first-order valence-corrected chi connectivity index (χ1v) is 10.5. The molecule has 0 atom stereocenters. The van der Waals surface area contributed by atoms with Gasteiger partial charge in [0.05, 0.1) is 17.1 Å². The molecule has 2 aromatic rings. The van der Waals surface area contributed by atoms with Crippen molar-refractivity contribution in [3.05, 3.63) is 55.9 Å². The summed E-state index contributed by atoms with van der Waals surface area (Å²) in [4.78, 5) is 37.3. The van der Waals surface area contributed by atoms with Crippen molar-refractivity contribution < 1.29 is 19.2 Å². The highest BCUT2D eigenvalue weighted by atomic mass is 32.1. The van der Waals surface area contributed by atoms with E-state index in [1.807, 2.05) is 13.8 Å². The van der Waals surface area contributed by atoms with E-state index in [2.05, 4.69) is 24.5 Å². The molecule has 1 amide bonds. The van der Waals surface area contributed by atoms with Crippen LogP contribution in [0, 0.1) is 10.1 Å². The summed E-state index contributed by atoms with van der Waals surface area (Å²) in [5.74, 6) is -1.15. The summed E-state index contributed by atoms with van der Waals surface area (Å²) < 4.78 is 5.27. The van der Waals surface area contributed by atoms with Gasteiger partial charge < -0.3 is 15.4 Å². The van der Waals surface area contributed by atoms with Crippen LogP contribution in [0.25, 0.3) is 0 Å². The predicted molar refractivity (Wildman–Crippen MR) is 115 cm³/mol. The van der Waals surface area contributed by atoms with E-state index in [1.165, 1.54) is 29.5 Å². The van der Waals surface area contributed by atoms with Crippen molar-refractivity contribution in [2.75, 3.05) is 11.9 Å². The van der Waals surface area contributed by atoms with Gasteiger partial charge in [-0.3, -0.25) is 14.9 Å². The van der Waals surface area contributed by atoms with Crippen LogP contribution in [-0.2, 0) is 16.7 Å². The zero-order chi connectivity index (χ0) is 22.3. The number of nitrogens with one attached hydrogen (secondary N) is 2. The molecule has 0 spiro atoms. The topological polar surface area (TPSA) is 111 Å². The summed E-state index contributed by atoms with van der Waals surface area (Å²) in [6, 6.07) is 5.72. The second-order valence-electron chi connectivity index (χ2n) is 8.37. The molecular weight excluding hydrogens is 406 g/mol. The summed E-state index contributed by atoms with van der Waals surface area (Å²) in [5, 5.41) is 17.9. The zero-order valence-corrected chi connectivity index (χ0v) is 18.4. The number of nitro groups is 1. The van der Waals surface area contributed by atoms with Crippen LogP contribution in [0.5, 0.6) is 0 Å². The number of amides is 1. The van der Waals surface area contributed by atoms with E-state index in [9.17, 15) is 19.7 Å². The molecule has 1 aliphatic heterocycles. The Hall–Kier alpha value is -2.78. The first-order chi connectivity index (χ1) is 14.0. The van der Waals surface area contributed by atoms with Crippen molar-refractivity contribution in [1.29, 1.82) is 0 Å². The molecule has 0 aliphatic carbocycles. The Kier molecular flexibility index (Phi) is 5.70. The van der Waals surface area contributed by atoms with Crippen molar-refractivity contribution in [3.8, 4) is 0 Å². The number of carbonyl (C=O) groups excluding carboxylic acids is 2. The van der Waals surface area contributed by atoms with Gasteiger partial charge in [0.15, 0.2) is 0 Å². The first kappa shape index (κ1) is 21.9. The molecule has 0 saturated carbocycles. The number of anilines is 1. The number of fused-ring (bicyclic) bond motifs is 1. The van der Waals surface area contributed by atoms with E-state index in [0.717, 1.165) is 10.4 Å². The SMILES string of the molecule is CCOC(=O)c1c(NC(=O)c2ccccc2[N+](=O)[O-])sc2c1CC(C)(C)NC2(C)C. The Labute approximate surface area is 178 Å². The fourth-order valence-electron chi connectivity index (χ4n) is 4.03. The Balaban J connectivity index is 2.10. The van der Waals surface area contributed by atoms with Gasteiger partial charge in [-0.15, -0.1) is 11.3 Å². The maximum Gasteiger partial charge on any atom is 0.341 e. The standard InChI is InChI=1S/C21H25N3O5S/c1-6-29-19(26)15-13-11-20(2,3)23-21(4,5)16(13)30-18(15)22-17(25)12-9-7-8-10-14(12)24(27)28/h7-10,23H,6,11H2,1-5H3,(H,22,25). The van der Waals surface area contributed by atoms with Gasteiger partial charge in [0, 0.05) is 22.0 Å². The molecule has 0 radical (unpaired) electrons. The van der Waals surface area contributed by atoms with E-state index in [-0.39, 0.29) is 23.4 Å². The maximum atomic E-state index is 12.9. The van der Waals surface area contributed by atoms with Crippen molar-refractivity contribution >= 4 is 33.9 Å². The van der Waals surface area contributed by atoms with E-state index >= 15 is 0 Å². The molecule has 8 nitrogen and oxygen atoms in total. The molecule has 1 aromatic carbocycles. The van der Waals surface area contributed by atoms with Crippen molar-refractivity contribution in [1.82, 2.24) is 5.32 Å². The Bertz CT molecular complexity index is 1030. The second-order valence-corrected chi connectivity index (χ2v) is 9.39. The monoisotopic (exact) mass is 431 g/mol. The molecule has 0 fully saturated rings.